The molecule has 4 nitrogen and oxygen atoms in total. The molecule has 1 aromatic carbocycles. The van der Waals surface area contributed by atoms with E-state index in [1.165, 1.54) is 25.5 Å². The number of nitrogens with one attached hydrogen (secondary N) is 1. The van der Waals surface area contributed by atoms with Gasteiger partial charge in [-0.15, -0.1) is 0 Å². The number of hydrogen-bond donors (Lipinski definition) is 1. The van der Waals surface area contributed by atoms with E-state index in [1.54, 1.807) is 18.5 Å². The molecule has 0 spiro atoms. The van der Waals surface area contributed by atoms with E-state index in [2.05, 4.69) is 15.2 Å². The molecule has 5 heteroatoms. The maximum atomic E-state index is 14.3. The molecule has 2 aromatic rings. The highest BCUT2D eigenvalue weighted by Gasteiger charge is 2.24. The number of likely N-dealkylation sites (tertiary alicyclic amines) is 1. The molecule has 0 amide bonds. The fourth-order valence-corrected chi connectivity index (χ4v) is 4.00. The van der Waals surface area contributed by atoms with Crippen LogP contribution in [-0.4, -0.2) is 48.7 Å². The molecule has 0 unspecified atom stereocenters. The number of hydrogen-bond acceptors (Lipinski definition) is 4. The van der Waals surface area contributed by atoms with Crippen LogP contribution in [0.5, 0.6) is 5.75 Å². The van der Waals surface area contributed by atoms with Crippen molar-refractivity contribution in [1.82, 2.24) is 15.2 Å². The van der Waals surface area contributed by atoms with Crippen molar-refractivity contribution in [3.63, 3.8) is 0 Å². The summed E-state index contributed by atoms with van der Waals surface area (Å²) < 4.78 is 20.3. The van der Waals surface area contributed by atoms with Crippen molar-refractivity contribution in [1.29, 1.82) is 0 Å². The Morgan fingerprint density at radius 2 is 1.92 bits per heavy atom. The van der Waals surface area contributed by atoms with Gasteiger partial charge in [-0.25, -0.2) is 4.39 Å². The minimum absolute atomic E-state index is 0.109. The second kappa shape index (κ2) is 7.67. The lowest BCUT2D eigenvalue weighted by Gasteiger charge is -2.35. The van der Waals surface area contributed by atoms with Gasteiger partial charge in [0, 0.05) is 37.4 Å². The van der Waals surface area contributed by atoms with Crippen LogP contribution in [-0.2, 0) is 0 Å². The smallest absolute Gasteiger partial charge is 0.165 e. The minimum atomic E-state index is -0.294. The molecule has 134 valence electrons. The third kappa shape index (κ3) is 4.10. The minimum Gasteiger partial charge on any atom is -0.487 e. The van der Waals surface area contributed by atoms with Crippen LogP contribution in [0.15, 0.2) is 30.6 Å². The van der Waals surface area contributed by atoms with Gasteiger partial charge >= 0.3 is 0 Å². The molecule has 2 fully saturated rings. The Bertz CT molecular complexity index is 709. The van der Waals surface area contributed by atoms with Crippen molar-refractivity contribution in [2.24, 2.45) is 5.92 Å². The summed E-state index contributed by atoms with van der Waals surface area (Å²) in [6.45, 7) is 5.61. The highest BCUT2D eigenvalue weighted by molar-refractivity contribution is 5.83. The first-order valence-electron chi connectivity index (χ1n) is 9.41. The number of aromatic nitrogens is 1. The van der Waals surface area contributed by atoms with Gasteiger partial charge in [-0.1, -0.05) is 0 Å². The maximum Gasteiger partial charge on any atom is 0.165 e. The zero-order valence-electron chi connectivity index (χ0n) is 14.6. The van der Waals surface area contributed by atoms with Gasteiger partial charge in [0.05, 0.1) is 0 Å². The van der Waals surface area contributed by atoms with E-state index >= 15 is 0 Å². The topological polar surface area (TPSA) is 37.4 Å². The standard InChI is InChI=1S/C20H26FN3O/c21-19-11-17-13-23-8-3-16(17)12-20(19)25-18-4-9-24(10-5-18)14-15-1-6-22-7-2-15/h3,8,11-13,15,18,22H,1-2,4-7,9-10,14H2. The van der Waals surface area contributed by atoms with Gasteiger partial charge in [0.2, 0.25) is 0 Å². The summed E-state index contributed by atoms with van der Waals surface area (Å²) in [5, 5.41) is 5.20. The quantitative estimate of drug-likeness (QED) is 0.925. The van der Waals surface area contributed by atoms with Gasteiger partial charge in [-0.05, 0) is 68.3 Å². The number of benzene rings is 1. The zero-order chi connectivity index (χ0) is 17.1. The lowest BCUT2D eigenvalue weighted by molar-refractivity contribution is 0.0847. The molecule has 2 aliphatic rings. The molecule has 0 radical (unpaired) electrons. The molecule has 25 heavy (non-hydrogen) atoms. The fraction of sp³-hybridized carbons (Fsp3) is 0.550. The Morgan fingerprint density at radius 1 is 1.12 bits per heavy atom. The second-order valence-electron chi connectivity index (χ2n) is 7.32. The third-order valence-corrected chi connectivity index (χ3v) is 5.49. The number of fused-ring (bicyclic) bond motifs is 1. The van der Waals surface area contributed by atoms with Crippen molar-refractivity contribution >= 4 is 10.8 Å². The van der Waals surface area contributed by atoms with E-state index in [1.807, 2.05) is 6.07 Å². The Labute approximate surface area is 148 Å². The van der Waals surface area contributed by atoms with Crippen LogP contribution in [0.3, 0.4) is 0 Å². The molecule has 1 aromatic heterocycles. The monoisotopic (exact) mass is 343 g/mol. The number of nitrogens with zero attached hydrogens (tertiary/aromatic N) is 2. The van der Waals surface area contributed by atoms with E-state index in [9.17, 15) is 4.39 Å². The van der Waals surface area contributed by atoms with Crippen LogP contribution in [0.1, 0.15) is 25.7 Å². The lowest BCUT2D eigenvalue weighted by atomic mass is 9.96. The lowest BCUT2D eigenvalue weighted by Crippen LogP contribution is -2.42. The zero-order valence-corrected chi connectivity index (χ0v) is 14.6. The molecule has 2 saturated heterocycles. The summed E-state index contributed by atoms with van der Waals surface area (Å²) in [7, 11) is 0. The predicted octanol–water partition coefficient (Wildman–Crippen LogP) is 3.22. The summed E-state index contributed by atoms with van der Waals surface area (Å²) in [5.41, 5.74) is 0. The number of halogens is 1. The van der Waals surface area contributed by atoms with Crippen LogP contribution in [0.4, 0.5) is 4.39 Å². The number of piperidine rings is 2. The first kappa shape index (κ1) is 16.7. The van der Waals surface area contributed by atoms with Gasteiger partial charge in [0.15, 0.2) is 11.6 Å². The van der Waals surface area contributed by atoms with E-state index < -0.39 is 0 Å². The molecule has 4 rings (SSSR count). The average Bonchev–Trinajstić information content (AvgIpc) is 2.65. The second-order valence-corrected chi connectivity index (χ2v) is 7.32. The normalized spacial score (nSPS) is 20.8. The van der Waals surface area contributed by atoms with Crippen molar-refractivity contribution in [2.75, 3.05) is 32.7 Å². The van der Waals surface area contributed by atoms with Crippen molar-refractivity contribution in [2.45, 2.75) is 31.8 Å². The van der Waals surface area contributed by atoms with Crippen molar-refractivity contribution < 1.29 is 9.13 Å². The van der Waals surface area contributed by atoms with Crippen molar-refractivity contribution in [3.05, 3.63) is 36.4 Å². The van der Waals surface area contributed by atoms with E-state index in [0.717, 1.165) is 55.7 Å². The SMILES string of the molecule is Fc1cc2cnccc2cc1OC1CCN(CC2CCNCC2)CC1. The maximum absolute atomic E-state index is 14.3. The van der Waals surface area contributed by atoms with Gasteiger partial charge in [-0.3, -0.25) is 4.98 Å². The average molecular weight is 343 g/mol. The van der Waals surface area contributed by atoms with Gasteiger partial charge < -0.3 is 15.0 Å². The summed E-state index contributed by atoms with van der Waals surface area (Å²) in [5.74, 6) is 0.901. The molecule has 3 heterocycles. The fourth-order valence-electron chi connectivity index (χ4n) is 4.00. The largest absolute Gasteiger partial charge is 0.487 e. The summed E-state index contributed by atoms with van der Waals surface area (Å²) in [6.07, 6.45) is 8.03. The molecule has 0 atom stereocenters. The molecule has 1 N–H and O–H groups in total. The van der Waals surface area contributed by atoms with Crippen LogP contribution in [0.2, 0.25) is 0 Å². The first-order chi connectivity index (χ1) is 12.3. The molecule has 0 saturated carbocycles. The predicted molar refractivity (Wildman–Crippen MR) is 97.4 cm³/mol. The van der Waals surface area contributed by atoms with E-state index in [0.29, 0.717) is 5.75 Å². The van der Waals surface area contributed by atoms with E-state index in [-0.39, 0.29) is 11.9 Å². The Kier molecular flexibility index (Phi) is 5.13. The molecule has 0 bridgehead atoms. The van der Waals surface area contributed by atoms with Crippen LogP contribution in [0.25, 0.3) is 10.8 Å². The van der Waals surface area contributed by atoms with Crippen LogP contribution in [0, 0.1) is 11.7 Å². The highest BCUT2D eigenvalue weighted by atomic mass is 19.1. The highest BCUT2D eigenvalue weighted by Crippen LogP contribution is 2.27. The van der Waals surface area contributed by atoms with Gasteiger partial charge in [0.25, 0.3) is 0 Å². The number of ether oxygens (including phenoxy) is 1. The third-order valence-electron chi connectivity index (χ3n) is 5.49. The molecule has 2 aliphatic heterocycles. The summed E-state index contributed by atoms with van der Waals surface area (Å²) in [6, 6.07) is 5.21. The summed E-state index contributed by atoms with van der Waals surface area (Å²) >= 11 is 0. The van der Waals surface area contributed by atoms with Crippen LogP contribution < -0.4 is 10.1 Å². The van der Waals surface area contributed by atoms with Gasteiger partial charge in [0.1, 0.15) is 6.10 Å². The molecular formula is C20H26FN3O. The number of rotatable bonds is 4. The Hall–Kier alpha value is -1.72. The van der Waals surface area contributed by atoms with Crippen LogP contribution >= 0.6 is 0 Å². The number of pyridine rings is 1. The molecular weight excluding hydrogens is 317 g/mol. The Balaban J connectivity index is 1.33. The van der Waals surface area contributed by atoms with E-state index in [4.69, 9.17) is 4.74 Å². The van der Waals surface area contributed by atoms with Crippen molar-refractivity contribution in [3.8, 4) is 5.75 Å². The van der Waals surface area contributed by atoms with Gasteiger partial charge in [-0.2, -0.15) is 0 Å². The summed E-state index contributed by atoms with van der Waals surface area (Å²) in [4.78, 5) is 6.59. The Morgan fingerprint density at radius 3 is 2.72 bits per heavy atom. The first-order valence-corrected chi connectivity index (χ1v) is 9.41. The molecule has 0 aliphatic carbocycles.